The number of methoxy groups -OCH3 is 1. The lowest BCUT2D eigenvalue weighted by Gasteiger charge is -2.20. The maximum atomic E-state index is 5.96. The van der Waals surface area contributed by atoms with Gasteiger partial charge in [-0.3, -0.25) is 0 Å². The summed E-state index contributed by atoms with van der Waals surface area (Å²) in [5.41, 5.74) is 10.5. The van der Waals surface area contributed by atoms with E-state index in [1.807, 2.05) is 12.1 Å². The minimum atomic E-state index is 0.0694. The van der Waals surface area contributed by atoms with Crippen molar-refractivity contribution in [2.24, 2.45) is 5.73 Å². The van der Waals surface area contributed by atoms with Gasteiger partial charge in [0.1, 0.15) is 0 Å². The quantitative estimate of drug-likeness (QED) is 0.828. The van der Waals surface area contributed by atoms with Crippen molar-refractivity contribution in [3.05, 3.63) is 63.6 Å². The monoisotopic (exact) mass is 348 g/mol. The van der Waals surface area contributed by atoms with Crippen LogP contribution in [-0.2, 0) is 11.3 Å². The van der Waals surface area contributed by atoms with Crippen molar-refractivity contribution in [2.45, 2.75) is 19.6 Å². The van der Waals surface area contributed by atoms with Crippen molar-refractivity contribution in [2.75, 3.05) is 19.0 Å². The summed E-state index contributed by atoms with van der Waals surface area (Å²) in [5, 5.41) is 3.51. The summed E-state index contributed by atoms with van der Waals surface area (Å²) in [4.78, 5) is 0. The van der Waals surface area contributed by atoms with E-state index in [9.17, 15) is 0 Å². The number of anilines is 1. The van der Waals surface area contributed by atoms with Crippen LogP contribution in [0.3, 0.4) is 0 Å². The summed E-state index contributed by atoms with van der Waals surface area (Å²) in [5.74, 6) is 0. The third-order valence-electron chi connectivity index (χ3n) is 3.35. The smallest absolute Gasteiger partial charge is 0.0713 e. The molecule has 4 heteroatoms. The summed E-state index contributed by atoms with van der Waals surface area (Å²) < 4.78 is 6.23. The Morgan fingerprint density at radius 3 is 2.76 bits per heavy atom. The topological polar surface area (TPSA) is 47.3 Å². The van der Waals surface area contributed by atoms with Gasteiger partial charge < -0.3 is 15.8 Å². The summed E-state index contributed by atoms with van der Waals surface area (Å²) in [7, 11) is 1.70. The molecule has 0 radical (unpaired) electrons. The Kier molecular flexibility index (Phi) is 5.79. The Labute approximate surface area is 134 Å². The Hall–Kier alpha value is -1.36. The molecule has 0 aliphatic rings. The van der Waals surface area contributed by atoms with Crippen molar-refractivity contribution in [1.82, 2.24) is 0 Å². The molecule has 0 saturated carbocycles. The minimum Gasteiger partial charge on any atom is -0.380 e. The van der Waals surface area contributed by atoms with Crippen LogP contribution in [0.4, 0.5) is 5.69 Å². The second kappa shape index (κ2) is 7.59. The highest BCUT2D eigenvalue weighted by Crippen LogP contribution is 2.27. The molecule has 2 rings (SSSR count). The maximum Gasteiger partial charge on any atom is 0.0713 e. The van der Waals surface area contributed by atoms with Crippen LogP contribution in [-0.4, -0.2) is 13.7 Å². The average Bonchev–Trinajstić information content (AvgIpc) is 2.49. The number of hydrogen-bond acceptors (Lipinski definition) is 3. The van der Waals surface area contributed by atoms with Gasteiger partial charge in [0.2, 0.25) is 0 Å². The molecule has 3 N–H and O–H groups in total. The van der Waals surface area contributed by atoms with Crippen LogP contribution >= 0.6 is 15.9 Å². The Morgan fingerprint density at radius 1 is 1.24 bits per heavy atom. The largest absolute Gasteiger partial charge is 0.380 e. The van der Waals surface area contributed by atoms with Crippen molar-refractivity contribution in [1.29, 1.82) is 0 Å². The molecule has 0 fully saturated rings. The second-order valence-corrected chi connectivity index (χ2v) is 5.95. The predicted octanol–water partition coefficient (Wildman–Crippen LogP) is 4.02. The second-order valence-electron chi connectivity index (χ2n) is 5.09. The normalized spacial score (nSPS) is 12.2. The maximum absolute atomic E-state index is 5.96. The highest BCUT2D eigenvalue weighted by molar-refractivity contribution is 9.10. The summed E-state index contributed by atoms with van der Waals surface area (Å²) in [6, 6.07) is 14.6. The summed E-state index contributed by atoms with van der Waals surface area (Å²) in [6.07, 6.45) is 0. The van der Waals surface area contributed by atoms with Gasteiger partial charge in [-0.15, -0.1) is 0 Å². The fourth-order valence-corrected chi connectivity index (χ4v) is 2.64. The number of nitrogens with one attached hydrogen (secondary N) is 1. The fourth-order valence-electron chi connectivity index (χ4n) is 2.28. The lowest BCUT2D eigenvalue weighted by molar-refractivity contribution is 0.185. The summed E-state index contributed by atoms with van der Waals surface area (Å²) >= 11 is 3.58. The Balaban J connectivity index is 2.23. The standard InChI is InChI=1S/C17H21BrN2O/c1-12-6-7-15(18)16(8-12)20-17(10-19)14-5-3-4-13(9-14)11-21-2/h3-9,17,20H,10-11,19H2,1-2H3. The SMILES string of the molecule is COCc1cccc(C(CN)Nc2cc(C)ccc2Br)c1. The van der Waals surface area contributed by atoms with E-state index in [0.717, 1.165) is 15.7 Å². The number of aryl methyl sites for hydroxylation is 1. The van der Waals surface area contributed by atoms with Crippen LogP contribution in [0.25, 0.3) is 0 Å². The minimum absolute atomic E-state index is 0.0694. The molecule has 0 aliphatic heterocycles. The number of ether oxygens (including phenoxy) is 1. The molecule has 0 bridgehead atoms. The van der Waals surface area contributed by atoms with Gasteiger partial charge in [-0.2, -0.15) is 0 Å². The number of hydrogen-bond donors (Lipinski definition) is 2. The molecule has 2 aromatic rings. The van der Waals surface area contributed by atoms with Crippen LogP contribution in [0.15, 0.2) is 46.9 Å². The van der Waals surface area contributed by atoms with Gasteiger partial charge in [0.25, 0.3) is 0 Å². The third-order valence-corrected chi connectivity index (χ3v) is 4.04. The molecule has 1 unspecified atom stereocenters. The van der Waals surface area contributed by atoms with Crippen LogP contribution < -0.4 is 11.1 Å². The molecule has 0 heterocycles. The van der Waals surface area contributed by atoms with Gasteiger partial charge in [0, 0.05) is 23.8 Å². The molecule has 2 aromatic carbocycles. The van der Waals surface area contributed by atoms with Gasteiger partial charge in [0.15, 0.2) is 0 Å². The third kappa shape index (κ3) is 4.30. The number of rotatable bonds is 6. The number of benzene rings is 2. The number of nitrogens with two attached hydrogens (primary N) is 1. The van der Waals surface area contributed by atoms with E-state index in [0.29, 0.717) is 13.2 Å². The van der Waals surface area contributed by atoms with Crippen LogP contribution in [0.1, 0.15) is 22.7 Å². The van der Waals surface area contributed by atoms with Crippen molar-refractivity contribution in [3.63, 3.8) is 0 Å². The van der Waals surface area contributed by atoms with Crippen molar-refractivity contribution in [3.8, 4) is 0 Å². The van der Waals surface area contributed by atoms with Crippen LogP contribution in [0.5, 0.6) is 0 Å². The van der Waals surface area contributed by atoms with E-state index in [-0.39, 0.29) is 6.04 Å². The first-order valence-electron chi connectivity index (χ1n) is 6.94. The first kappa shape index (κ1) is 16.0. The zero-order chi connectivity index (χ0) is 15.2. The average molecular weight is 349 g/mol. The van der Waals surface area contributed by atoms with E-state index < -0.39 is 0 Å². The first-order valence-corrected chi connectivity index (χ1v) is 7.74. The molecule has 0 spiro atoms. The van der Waals surface area contributed by atoms with Crippen LogP contribution in [0, 0.1) is 6.92 Å². The molecular weight excluding hydrogens is 328 g/mol. The molecule has 112 valence electrons. The van der Waals surface area contributed by atoms with Gasteiger partial charge in [-0.05, 0) is 51.7 Å². The lowest BCUT2D eigenvalue weighted by Crippen LogP contribution is -2.21. The van der Waals surface area contributed by atoms with Gasteiger partial charge in [-0.1, -0.05) is 30.3 Å². The predicted molar refractivity (Wildman–Crippen MR) is 91.5 cm³/mol. The molecule has 0 aromatic heterocycles. The van der Waals surface area contributed by atoms with E-state index in [1.54, 1.807) is 7.11 Å². The van der Waals surface area contributed by atoms with E-state index in [4.69, 9.17) is 10.5 Å². The highest BCUT2D eigenvalue weighted by atomic mass is 79.9. The lowest BCUT2D eigenvalue weighted by atomic mass is 10.0. The van der Waals surface area contributed by atoms with Crippen molar-refractivity contribution < 1.29 is 4.74 Å². The van der Waals surface area contributed by atoms with Gasteiger partial charge >= 0.3 is 0 Å². The van der Waals surface area contributed by atoms with Gasteiger partial charge in [0.05, 0.1) is 12.6 Å². The first-order chi connectivity index (χ1) is 10.1. The molecule has 0 saturated heterocycles. The molecule has 3 nitrogen and oxygen atoms in total. The van der Waals surface area contributed by atoms with Crippen LogP contribution in [0.2, 0.25) is 0 Å². The molecule has 0 aliphatic carbocycles. The summed E-state index contributed by atoms with van der Waals surface area (Å²) in [6.45, 7) is 3.21. The van der Waals surface area contributed by atoms with Crippen molar-refractivity contribution >= 4 is 21.6 Å². The molecule has 1 atom stereocenters. The molecule has 21 heavy (non-hydrogen) atoms. The zero-order valence-corrected chi connectivity index (χ0v) is 14.0. The Bertz CT molecular complexity index is 601. The van der Waals surface area contributed by atoms with E-state index in [2.05, 4.69) is 58.5 Å². The molecule has 0 amide bonds. The fraction of sp³-hybridized carbons (Fsp3) is 0.294. The zero-order valence-electron chi connectivity index (χ0n) is 12.4. The molecular formula is C17H21BrN2O. The van der Waals surface area contributed by atoms with E-state index in [1.165, 1.54) is 11.1 Å². The van der Waals surface area contributed by atoms with Gasteiger partial charge in [-0.25, -0.2) is 0 Å². The Morgan fingerprint density at radius 2 is 2.05 bits per heavy atom. The number of halogens is 1. The van der Waals surface area contributed by atoms with E-state index >= 15 is 0 Å². The highest BCUT2D eigenvalue weighted by Gasteiger charge is 2.12.